The summed E-state index contributed by atoms with van der Waals surface area (Å²) in [6.45, 7) is 7.65. The Morgan fingerprint density at radius 1 is 1.00 bits per heavy atom. The van der Waals surface area contributed by atoms with Crippen molar-refractivity contribution in [2.75, 3.05) is 63.9 Å². The molecule has 9 heteroatoms. The van der Waals surface area contributed by atoms with Crippen LogP contribution in [0.25, 0.3) is 5.65 Å². The maximum atomic E-state index is 12.1. The van der Waals surface area contributed by atoms with Gasteiger partial charge in [0.15, 0.2) is 11.5 Å². The molecule has 0 radical (unpaired) electrons. The lowest BCUT2D eigenvalue weighted by Crippen LogP contribution is -2.42. The second-order valence-electron chi connectivity index (χ2n) is 8.26. The van der Waals surface area contributed by atoms with Crippen LogP contribution in [0.3, 0.4) is 0 Å². The maximum absolute atomic E-state index is 12.1. The number of hydrogen-bond acceptors (Lipinski definition) is 7. The Balaban J connectivity index is 1.19. The van der Waals surface area contributed by atoms with Gasteiger partial charge in [0.1, 0.15) is 12.4 Å². The Labute approximate surface area is 170 Å². The lowest BCUT2D eigenvalue weighted by atomic mass is 9.96. The summed E-state index contributed by atoms with van der Waals surface area (Å²) in [5.74, 6) is 2.51. The monoisotopic (exact) mass is 399 g/mol. The highest BCUT2D eigenvalue weighted by Crippen LogP contribution is 2.27. The molecule has 3 aliphatic heterocycles. The maximum Gasteiger partial charge on any atom is 0.248 e. The molecular weight excluding hydrogens is 370 g/mol. The molecule has 9 nitrogen and oxygen atoms in total. The van der Waals surface area contributed by atoms with Crippen LogP contribution in [0.2, 0.25) is 0 Å². The summed E-state index contributed by atoms with van der Waals surface area (Å²) in [5.41, 5.74) is 0.827. The zero-order valence-electron chi connectivity index (χ0n) is 16.9. The summed E-state index contributed by atoms with van der Waals surface area (Å²) in [6.07, 6.45) is 4.27. The number of aromatic nitrogens is 4. The van der Waals surface area contributed by atoms with Gasteiger partial charge < -0.3 is 19.4 Å². The van der Waals surface area contributed by atoms with Gasteiger partial charge in [0.2, 0.25) is 5.91 Å². The summed E-state index contributed by atoms with van der Waals surface area (Å²) < 4.78 is 7.27. The van der Waals surface area contributed by atoms with Gasteiger partial charge >= 0.3 is 0 Å². The van der Waals surface area contributed by atoms with E-state index < -0.39 is 0 Å². The molecule has 1 amide bonds. The number of nitrogens with zero attached hydrogens (tertiary/aromatic N) is 7. The number of anilines is 1. The average Bonchev–Trinajstić information content (AvgIpc) is 3.01. The second-order valence-corrected chi connectivity index (χ2v) is 8.26. The molecule has 0 N–H and O–H groups in total. The molecule has 0 aromatic carbocycles. The van der Waals surface area contributed by atoms with Crippen LogP contribution >= 0.6 is 0 Å². The average molecular weight is 399 g/mol. The van der Waals surface area contributed by atoms with Crippen LogP contribution in [0.5, 0.6) is 0 Å². The molecule has 0 spiro atoms. The number of hydrogen-bond donors (Lipinski definition) is 0. The van der Waals surface area contributed by atoms with E-state index in [2.05, 4.69) is 20.0 Å². The van der Waals surface area contributed by atoms with E-state index in [1.165, 1.54) is 6.42 Å². The van der Waals surface area contributed by atoms with E-state index in [0.717, 1.165) is 82.4 Å². The van der Waals surface area contributed by atoms with Crippen LogP contribution < -0.4 is 4.90 Å². The largest absolute Gasteiger partial charge is 0.372 e. The number of carbonyl (C=O) groups excluding carboxylic acids is 1. The SMILES string of the molecule is O=C1COCCCN1CCN1CCC(c2nnc3ccc(N4CCC4)nn23)CC1. The standard InChI is InChI=1S/C20H29N7O2/c28-19-15-29-14-2-9-26(19)13-12-24-10-5-16(6-11-24)20-22-21-17-3-4-18(23-27(17)20)25-7-1-8-25/h3-4,16H,1-2,5-15H2. The Morgan fingerprint density at radius 2 is 1.86 bits per heavy atom. The van der Waals surface area contributed by atoms with E-state index >= 15 is 0 Å². The number of amides is 1. The van der Waals surface area contributed by atoms with Gasteiger partial charge in [-0.15, -0.1) is 15.3 Å². The van der Waals surface area contributed by atoms with Crippen molar-refractivity contribution >= 4 is 17.4 Å². The van der Waals surface area contributed by atoms with Crippen molar-refractivity contribution in [3.05, 3.63) is 18.0 Å². The summed E-state index contributed by atoms with van der Waals surface area (Å²) >= 11 is 0. The van der Waals surface area contributed by atoms with E-state index in [9.17, 15) is 4.79 Å². The van der Waals surface area contributed by atoms with Gasteiger partial charge in [0.25, 0.3) is 0 Å². The van der Waals surface area contributed by atoms with Crippen molar-refractivity contribution in [3.63, 3.8) is 0 Å². The van der Waals surface area contributed by atoms with Crippen LogP contribution in [0, 0.1) is 0 Å². The van der Waals surface area contributed by atoms with Crippen molar-refractivity contribution < 1.29 is 9.53 Å². The van der Waals surface area contributed by atoms with Crippen LogP contribution in [0.1, 0.15) is 37.4 Å². The normalized spacial score (nSPS) is 22.1. The Hall–Kier alpha value is -2.26. The van der Waals surface area contributed by atoms with Crippen molar-refractivity contribution in [2.24, 2.45) is 0 Å². The number of likely N-dealkylation sites (tertiary alicyclic amines) is 1. The van der Waals surface area contributed by atoms with Crippen LogP contribution in [-0.2, 0) is 9.53 Å². The smallest absolute Gasteiger partial charge is 0.248 e. The van der Waals surface area contributed by atoms with Gasteiger partial charge in [-0.1, -0.05) is 0 Å². The molecule has 5 rings (SSSR count). The minimum absolute atomic E-state index is 0.122. The minimum Gasteiger partial charge on any atom is -0.372 e. The minimum atomic E-state index is 0.122. The first-order chi connectivity index (χ1) is 14.3. The summed E-state index contributed by atoms with van der Waals surface area (Å²) in [4.78, 5) is 18.8. The zero-order chi connectivity index (χ0) is 19.6. The first-order valence-corrected chi connectivity index (χ1v) is 10.8. The van der Waals surface area contributed by atoms with Crippen LogP contribution in [0.4, 0.5) is 5.82 Å². The number of ether oxygens (including phenoxy) is 1. The number of fused-ring (bicyclic) bond motifs is 1. The van der Waals surface area contributed by atoms with Crippen LogP contribution in [-0.4, -0.2) is 94.5 Å². The Morgan fingerprint density at radius 3 is 2.66 bits per heavy atom. The molecule has 0 bridgehead atoms. The van der Waals surface area contributed by atoms with Crippen molar-refractivity contribution in [1.82, 2.24) is 29.6 Å². The Bertz CT molecular complexity index is 858. The highest BCUT2D eigenvalue weighted by molar-refractivity contribution is 5.77. The highest BCUT2D eigenvalue weighted by atomic mass is 16.5. The predicted molar refractivity (Wildman–Crippen MR) is 108 cm³/mol. The second kappa shape index (κ2) is 8.23. The summed E-state index contributed by atoms with van der Waals surface area (Å²) in [7, 11) is 0. The van der Waals surface area contributed by atoms with Crippen molar-refractivity contribution in [1.29, 1.82) is 0 Å². The first kappa shape index (κ1) is 18.7. The van der Waals surface area contributed by atoms with Gasteiger partial charge in [-0.2, -0.15) is 4.52 Å². The van der Waals surface area contributed by atoms with Crippen molar-refractivity contribution in [3.8, 4) is 0 Å². The topological polar surface area (TPSA) is 79.1 Å². The van der Waals surface area contributed by atoms with E-state index in [-0.39, 0.29) is 12.5 Å². The molecule has 5 heterocycles. The van der Waals surface area contributed by atoms with Crippen LogP contribution in [0.15, 0.2) is 12.1 Å². The number of carbonyl (C=O) groups is 1. The van der Waals surface area contributed by atoms with Gasteiger partial charge in [0, 0.05) is 45.2 Å². The van der Waals surface area contributed by atoms with Crippen molar-refractivity contribution in [2.45, 2.75) is 31.6 Å². The van der Waals surface area contributed by atoms with E-state index in [4.69, 9.17) is 9.84 Å². The molecule has 29 heavy (non-hydrogen) atoms. The molecule has 0 atom stereocenters. The summed E-state index contributed by atoms with van der Waals surface area (Å²) in [6, 6.07) is 4.07. The molecule has 3 aliphatic rings. The molecule has 3 fully saturated rings. The zero-order valence-corrected chi connectivity index (χ0v) is 16.9. The highest BCUT2D eigenvalue weighted by Gasteiger charge is 2.26. The third-order valence-corrected chi connectivity index (χ3v) is 6.39. The lowest BCUT2D eigenvalue weighted by molar-refractivity contribution is -0.134. The molecule has 156 valence electrons. The molecule has 0 saturated carbocycles. The third-order valence-electron chi connectivity index (χ3n) is 6.39. The van der Waals surface area contributed by atoms with Gasteiger partial charge in [-0.3, -0.25) is 4.79 Å². The third kappa shape index (κ3) is 3.93. The molecule has 0 aliphatic carbocycles. The fraction of sp³-hybridized carbons (Fsp3) is 0.700. The molecule has 0 unspecified atom stereocenters. The molecular formula is C20H29N7O2. The lowest BCUT2D eigenvalue weighted by Gasteiger charge is -2.33. The fourth-order valence-corrected chi connectivity index (χ4v) is 4.41. The molecule has 2 aromatic heterocycles. The predicted octanol–water partition coefficient (Wildman–Crippen LogP) is 0.763. The molecule has 3 saturated heterocycles. The van der Waals surface area contributed by atoms with E-state index in [0.29, 0.717) is 12.5 Å². The first-order valence-electron chi connectivity index (χ1n) is 10.8. The van der Waals surface area contributed by atoms with E-state index in [1.807, 2.05) is 21.5 Å². The van der Waals surface area contributed by atoms with E-state index in [1.54, 1.807) is 0 Å². The number of piperidine rings is 1. The van der Waals surface area contributed by atoms with Gasteiger partial charge in [-0.05, 0) is 50.9 Å². The summed E-state index contributed by atoms with van der Waals surface area (Å²) in [5, 5.41) is 13.6. The molecule has 2 aromatic rings. The van der Waals surface area contributed by atoms with Gasteiger partial charge in [-0.25, -0.2) is 0 Å². The Kier molecular flexibility index (Phi) is 5.32. The van der Waals surface area contributed by atoms with Gasteiger partial charge in [0.05, 0.1) is 0 Å². The fourth-order valence-electron chi connectivity index (χ4n) is 4.41. The number of rotatable bonds is 5. The quantitative estimate of drug-likeness (QED) is 0.734.